The van der Waals surface area contributed by atoms with E-state index < -0.39 is 0 Å². The average molecular weight is 304 g/mol. The van der Waals surface area contributed by atoms with Crippen LogP contribution in [0.5, 0.6) is 0 Å². The number of hydrogen-bond acceptors (Lipinski definition) is 1. The van der Waals surface area contributed by atoms with Gasteiger partial charge in [0.05, 0.1) is 6.26 Å². The fraction of sp³-hybridized carbons (Fsp3) is 0.500. The van der Waals surface area contributed by atoms with Gasteiger partial charge in [0.25, 0.3) is 0 Å². The first-order valence-corrected chi connectivity index (χ1v) is 6.59. The van der Waals surface area contributed by atoms with Gasteiger partial charge in [-0.05, 0) is 42.7 Å². The predicted octanol–water partition coefficient (Wildman–Crippen LogP) is 4.37. The second-order valence-electron chi connectivity index (χ2n) is 3.46. The summed E-state index contributed by atoms with van der Waals surface area (Å²) in [6.45, 7) is 2.22. The topological polar surface area (TPSA) is 13.1 Å². The van der Waals surface area contributed by atoms with Crippen LogP contribution in [0.2, 0.25) is 0 Å². The number of furan rings is 1. The standard InChI is InChI=1S/C12H17IO/c1-11(6-3-9-13)5-2-7-12-8-4-10-14-12/h4-5,8,10H,2-3,6-7,9H2,1H3/b11-5+. The second-order valence-corrected chi connectivity index (χ2v) is 4.54. The fourth-order valence-electron chi connectivity index (χ4n) is 1.36. The summed E-state index contributed by atoms with van der Waals surface area (Å²) in [5.74, 6) is 1.09. The van der Waals surface area contributed by atoms with E-state index in [9.17, 15) is 0 Å². The molecule has 0 amide bonds. The Morgan fingerprint density at radius 1 is 1.57 bits per heavy atom. The Bertz CT molecular complexity index is 262. The van der Waals surface area contributed by atoms with Crippen molar-refractivity contribution in [1.29, 1.82) is 0 Å². The largest absolute Gasteiger partial charge is 0.469 e. The normalized spacial score (nSPS) is 12.0. The van der Waals surface area contributed by atoms with E-state index in [0.29, 0.717) is 0 Å². The molecule has 0 aliphatic carbocycles. The molecule has 0 N–H and O–H groups in total. The molecule has 0 fully saturated rings. The number of allylic oxidation sites excluding steroid dienone is 2. The van der Waals surface area contributed by atoms with Crippen molar-refractivity contribution in [2.24, 2.45) is 0 Å². The summed E-state index contributed by atoms with van der Waals surface area (Å²) >= 11 is 2.42. The molecule has 0 unspecified atom stereocenters. The highest BCUT2D eigenvalue weighted by atomic mass is 127. The molecule has 0 spiro atoms. The van der Waals surface area contributed by atoms with Crippen LogP contribution in [0.1, 0.15) is 31.9 Å². The zero-order valence-corrected chi connectivity index (χ0v) is 10.8. The molecule has 1 nitrogen and oxygen atoms in total. The molecule has 0 aliphatic heterocycles. The Morgan fingerprint density at radius 2 is 2.43 bits per heavy atom. The van der Waals surface area contributed by atoms with Crippen LogP contribution >= 0.6 is 22.6 Å². The van der Waals surface area contributed by atoms with Crippen LogP contribution in [0.3, 0.4) is 0 Å². The van der Waals surface area contributed by atoms with E-state index in [1.165, 1.54) is 22.8 Å². The lowest BCUT2D eigenvalue weighted by atomic mass is 10.1. The van der Waals surface area contributed by atoms with E-state index >= 15 is 0 Å². The first kappa shape index (κ1) is 11.8. The van der Waals surface area contributed by atoms with Gasteiger partial charge in [0, 0.05) is 6.42 Å². The number of hydrogen-bond donors (Lipinski definition) is 0. The van der Waals surface area contributed by atoms with Crippen LogP contribution in [0.4, 0.5) is 0 Å². The van der Waals surface area contributed by atoms with Gasteiger partial charge in [-0.25, -0.2) is 0 Å². The summed E-state index contributed by atoms with van der Waals surface area (Å²) in [5, 5.41) is 0. The maximum absolute atomic E-state index is 5.27. The predicted molar refractivity (Wildman–Crippen MR) is 68.9 cm³/mol. The molecule has 0 bridgehead atoms. The summed E-state index contributed by atoms with van der Waals surface area (Å²) < 4.78 is 6.52. The Morgan fingerprint density at radius 3 is 3.07 bits per heavy atom. The first-order chi connectivity index (χ1) is 6.83. The number of alkyl halides is 1. The molecule has 0 aliphatic rings. The summed E-state index contributed by atoms with van der Waals surface area (Å²) in [6.07, 6.45) is 8.72. The lowest BCUT2D eigenvalue weighted by Crippen LogP contribution is -1.82. The Hall–Kier alpha value is -0.250. The number of halogens is 1. The van der Waals surface area contributed by atoms with Gasteiger partial charge >= 0.3 is 0 Å². The van der Waals surface area contributed by atoms with Crippen LogP contribution in [0.25, 0.3) is 0 Å². The smallest absolute Gasteiger partial charge is 0.104 e. The highest BCUT2D eigenvalue weighted by Gasteiger charge is 1.94. The van der Waals surface area contributed by atoms with Crippen molar-refractivity contribution in [3.63, 3.8) is 0 Å². The summed E-state index contributed by atoms with van der Waals surface area (Å²) in [6, 6.07) is 3.98. The van der Waals surface area contributed by atoms with Crippen molar-refractivity contribution in [2.75, 3.05) is 4.43 Å². The van der Waals surface area contributed by atoms with E-state index in [4.69, 9.17) is 4.42 Å². The molecule has 14 heavy (non-hydrogen) atoms. The van der Waals surface area contributed by atoms with Crippen LogP contribution in [-0.4, -0.2) is 4.43 Å². The Kier molecular flexibility index (Phi) is 5.99. The molecule has 1 rings (SSSR count). The highest BCUT2D eigenvalue weighted by Crippen LogP contribution is 2.09. The van der Waals surface area contributed by atoms with Crippen molar-refractivity contribution in [1.82, 2.24) is 0 Å². The molecule has 1 heterocycles. The van der Waals surface area contributed by atoms with Gasteiger partial charge < -0.3 is 4.42 Å². The van der Waals surface area contributed by atoms with E-state index in [0.717, 1.165) is 18.6 Å². The summed E-state index contributed by atoms with van der Waals surface area (Å²) in [5.41, 5.74) is 1.51. The highest BCUT2D eigenvalue weighted by molar-refractivity contribution is 14.1. The van der Waals surface area contributed by atoms with Gasteiger partial charge in [-0.2, -0.15) is 0 Å². The molecule has 0 radical (unpaired) electrons. The Labute approximate surface area is 99.7 Å². The van der Waals surface area contributed by atoms with Crippen molar-refractivity contribution in [3.8, 4) is 0 Å². The quantitative estimate of drug-likeness (QED) is 0.432. The zero-order valence-electron chi connectivity index (χ0n) is 8.63. The molecule has 0 atom stereocenters. The van der Waals surface area contributed by atoms with E-state index in [2.05, 4.69) is 35.6 Å². The van der Waals surface area contributed by atoms with Gasteiger partial charge in [0.2, 0.25) is 0 Å². The molecule has 0 saturated carbocycles. The minimum absolute atomic E-state index is 1.02. The lowest BCUT2D eigenvalue weighted by Gasteiger charge is -1.98. The zero-order chi connectivity index (χ0) is 10.2. The van der Waals surface area contributed by atoms with Gasteiger partial charge in [-0.1, -0.05) is 34.2 Å². The van der Waals surface area contributed by atoms with Crippen molar-refractivity contribution >= 4 is 22.6 Å². The minimum atomic E-state index is 1.02. The molecule has 78 valence electrons. The van der Waals surface area contributed by atoms with E-state index in [-0.39, 0.29) is 0 Å². The second kappa shape index (κ2) is 7.10. The average Bonchev–Trinajstić information content (AvgIpc) is 2.67. The fourth-order valence-corrected chi connectivity index (χ4v) is 1.74. The van der Waals surface area contributed by atoms with Gasteiger partial charge in [-0.3, -0.25) is 0 Å². The maximum atomic E-state index is 5.27. The third kappa shape index (κ3) is 4.84. The van der Waals surface area contributed by atoms with Crippen LogP contribution in [0, 0.1) is 0 Å². The van der Waals surface area contributed by atoms with Crippen LogP contribution < -0.4 is 0 Å². The SMILES string of the molecule is C/C(=C\CCc1ccco1)CCCI. The summed E-state index contributed by atoms with van der Waals surface area (Å²) in [4.78, 5) is 0. The minimum Gasteiger partial charge on any atom is -0.469 e. The molecular weight excluding hydrogens is 287 g/mol. The maximum Gasteiger partial charge on any atom is 0.104 e. The monoisotopic (exact) mass is 304 g/mol. The molecule has 0 saturated heterocycles. The molecule has 1 aromatic rings. The number of aryl methyl sites for hydroxylation is 1. The van der Waals surface area contributed by atoms with Crippen molar-refractivity contribution in [2.45, 2.75) is 32.6 Å². The van der Waals surface area contributed by atoms with Gasteiger partial charge in [0.1, 0.15) is 5.76 Å². The molecule has 0 aromatic carbocycles. The lowest BCUT2D eigenvalue weighted by molar-refractivity contribution is 0.510. The third-order valence-corrected chi connectivity index (χ3v) is 2.93. The van der Waals surface area contributed by atoms with Crippen molar-refractivity contribution < 1.29 is 4.42 Å². The van der Waals surface area contributed by atoms with Crippen LogP contribution in [-0.2, 0) is 6.42 Å². The first-order valence-electron chi connectivity index (χ1n) is 5.07. The molecule has 2 heteroatoms. The van der Waals surface area contributed by atoms with Gasteiger partial charge in [-0.15, -0.1) is 0 Å². The third-order valence-electron chi connectivity index (χ3n) is 2.17. The van der Waals surface area contributed by atoms with Crippen molar-refractivity contribution in [3.05, 3.63) is 35.8 Å². The van der Waals surface area contributed by atoms with Gasteiger partial charge in [0.15, 0.2) is 0 Å². The van der Waals surface area contributed by atoms with E-state index in [1.807, 2.05) is 12.1 Å². The molecule has 1 aromatic heterocycles. The van der Waals surface area contributed by atoms with E-state index in [1.54, 1.807) is 6.26 Å². The van der Waals surface area contributed by atoms with Crippen LogP contribution in [0.15, 0.2) is 34.5 Å². The number of rotatable bonds is 6. The summed E-state index contributed by atoms with van der Waals surface area (Å²) in [7, 11) is 0. The Balaban J connectivity index is 2.19. The molecular formula is C12H17IO.